The van der Waals surface area contributed by atoms with E-state index in [4.69, 9.17) is 33.0 Å². The van der Waals surface area contributed by atoms with Crippen LogP contribution in [0.1, 0.15) is 30.4 Å². The quantitative estimate of drug-likeness (QED) is 0.567. The molecular weight excluding hydrogens is 392 g/mol. The number of halogens is 3. The smallest absolute Gasteiger partial charge is 0.303 e. The van der Waals surface area contributed by atoms with Crippen LogP contribution in [0.2, 0.25) is 10.0 Å². The van der Waals surface area contributed by atoms with Gasteiger partial charge in [-0.1, -0.05) is 35.3 Å². The second-order valence-corrected chi connectivity index (χ2v) is 7.49. The van der Waals surface area contributed by atoms with Crippen LogP contribution < -0.4 is 10.1 Å². The first-order chi connectivity index (χ1) is 12.9. The Morgan fingerprint density at radius 3 is 2.59 bits per heavy atom. The van der Waals surface area contributed by atoms with Gasteiger partial charge in [0.25, 0.3) is 0 Å². The number of anilines is 1. The number of hydrogen-bond donors (Lipinski definition) is 2. The highest BCUT2D eigenvalue weighted by Gasteiger charge is 2.21. The SMILES string of the molecule is O=C(O)CCc1cc(Cl)c(OCc2cccc(NCC3CC3)c2F)c(Cl)c1. The number of nitrogens with one attached hydrogen (secondary N) is 1. The number of benzene rings is 2. The van der Waals surface area contributed by atoms with Crippen molar-refractivity contribution in [3.05, 3.63) is 57.3 Å². The number of carboxylic acids is 1. The lowest BCUT2D eigenvalue weighted by Gasteiger charge is -2.14. The van der Waals surface area contributed by atoms with Gasteiger partial charge >= 0.3 is 5.97 Å². The monoisotopic (exact) mass is 411 g/mol. The second kappa shape index (κ2) is 8.81. The fourth-order valence-corrected chi connectivity index (χ4v) is 3.34. The van der Waals surface area contributed by atoms with Gasteiger partial charge in [0.1, 0.15) is 6.61 Å². The molecule has 144 valence electrons. The summed E-state index contributed by atoms with van der Waals surface area (Å²) < 4.78 is 20.3. The largest absolute Gasteiger partial charge is 0.486 e. The Morgan fingerprint density at radius 2 is 1.96 bits per heavy atom. The highest BCUT2D eigenvalue weighted by molar-refractivity contribution is 6.37. The van der Waals surface area contributed by atoms with Gasteiger partial charge in [-0.05, 0) is 48.9 Å². The molecule has 0 saturated heterocycles. The number of aryl methyl sites for hydroxylation is 1. The van der Waals surface area contributed by atoms with Gasteiger partial charge in [-0.15, -0.1) is 0 Å². The molecule has 27 heavy (non-hydrogen) atoms. The lowest BCUT2D eigenvalue weighted by molar-refractivity contribution is -0.136. The van der Waals surface area contributed by atoms with Crippen LogP contribution in [0.15, 0.2) is 30.3 Å². The minimum Gasteiger partial charge on any atom is -0.486 e. The third kappa shape index (κ3) is 5.50. The summed E-state index contributed by atoms with van der Waals surface area (Å²) in [6.45, 7) is 0.759. The van der Waals surface area contributed by atoms with Crippen LogP contribution in [0.25, 0.3) is 0 Å². The average Bonchev–Trinajstić information content (AvgIpc) is 3.44. The zero-order chi connectivity index (χ0) is 19.4. The maximum atomic E-state index is 14.6. The zero-order valence-electron chi connectivity index (χ0n) is 14.6. The second-order valence-electron chi connectivity index (χ2n) is 6.67. The average molecular weight is 412 g/mol. The molecule has 0 atom stereocenters. The zero-order valence-corrected chi connectivity index (χ0v) is 16.1. The predicted octanol–water partition coefficient (Wildman–Crippen LogP) is 5.55. The maximum absolute atomic E-state index is 14.6. The van der Waals surface area contributed by atoms with Crippen molar-refractivity contribution in [3.63, 3.8) is 0 Å². The van der Waals surface area contributed by atoms with Crippen molar-refractivity contribution in [2.24, 2.45) is 5.92 Å². The Labute approximate surface area is 167 Å². The fourth-order valence-electron chi connectivity index (χ4n) is 2.70. The van der Waals surface area contributed by atoms with Gasteiger partial charge in [0.2, 0.25) is 0 Å². The van der Waals surface area contributed by atoms with Crippen molar-refractivity contribution < 1.29 is 19.0 Å². The number of carbonyl (C=O) groups is 1. The molecule has 0 heterocycles. The van der Waals surface area contributed by atoms with Crippen LogP contribution in [0.5, 0.6) is 5.75 Å². The minimum absolute atomic E-state index is 0.0152. The topological polar surface area (TPSA) is 58.6 Å². The summed E-state index contributed by atoms with van der Waals surface area (Å²) in [7, 11) is 0. The van der Waals surface area contributed by atoms with Crippen molar-refractivity contribution >= 4 is 34.9 Å². The van der Waals surface area contributed by atoms with E-state index in [-0.39, 0.29) is 34.6 Å². The summed E-state index contributed by atoms with van der Waals surface area (Å²) in [5.74, 6) is -0.341. The van der Waals surface area contributed by atoms with Crippen molar-refractivity contribution in [2.45, 2.75) is 32.3 Å². The summed E-state index contributed by atoms with van der Waals surface area (Å²) in [5.41, 5.74) is 1.57. The van der Waals surface area contributed by atoms with Gasteiger partial charge in [0.05, 0.1) is 15.7 Å². The van der Waals surface area contributed by atoms with Crippen LogP contribution in [-0.4, -0.2) is 17.6 Å². The molecular formula is C20H20Cl2FNO3. The molecule has 4 nitrogen and oxygen atoms in total. The molecule has 0 amide bonds. The van der Waals surface area contributed by atoms with Crippen LogP contribution in [0.4, 0.5) is 10.1 Å². The lowest BCUT2D eigenvalue weighted by Crippen LogP contribution is -2.07. The maximum Gasteiger partial charge on any atom is 0.303 e. The van der Waals surface area contributed by atoms with Crippen LogP contribution in [0.3, 0.4) is 0 Å². The van der Waals surface area contributed by atoms with E-state index in [0.717, 1.165) is 6.54 Å². The summed E-state index contributed by atoms with van der Waals surface area (Å²) in [6, 6.07) is 8.37. The van der Waals surface area contributed by atoms with Gasteiger partial charge < -0.3 is 15.2 Å². The van der Waals surface area contributed by atoms with Gasteiger partial charge in [0, 0.05) is 18.5 Å². The van der Waals surface area contributed by atoms with Gasteiger partial charge in [-0.3, -0.25) is 4.79 Å². The molecule has 2 aromatic rings. The molecule has 1 aliphatic rings. The Bertz CT molecular complexity index is 817. The van der Waals surface area contributed by atoms with E-state index in [1.807, 2.05) is 0 Å². The first kappa shape index (κ1) is 19.8. The van der Waals surface area contributed by atoms with Gasteiger partial charge in [0.15, 0.2) is 11.6 Å². The minimum atomic E-state index is -0.895. The number of ether oxygens (including phenoxy) is 1. The van der Waals surface area contributed by atoms with E-state index >= 15 is 0 Å². The van der Waals surface area contributed by atoms with E-state index < -0.39 is 5.97 Å². The number of rotatable bonds is 9. The van der Waals surface area contributed by atoms with E-state index in [9.17, 15) is 9.18 Å². The molecule has 0 radical (unpaired) electrons. The number of carboxylic acid groups (broad SMARTS) is 1. The summed E-state index contributed by atoms with van der Waals surface area (Å²) in [6.07, 6.45) is 2.69. The summed E-state index contributed by atoms with van der Waals surface area (Å²) in [5, 5.41) is 12.4. The Morgan fingerprint density at radius 1 is 1.26 bits per heavy atom. The lowest BCUT2D eigenvalue weighted by atomic mass is 10.1. The Balaban J connectivity index is 1.67. The highest BCUT2D eigenvalue weighted by Crippen LogP contribution is 2.35. The molecule has 1 aliphatic carbocycles. The molecule has 0 bridgehead atoms. The molecule has 1 fully saturated rings. The van der Waals surface area contributed by atoms with E-state index in [0.29, 0.717) is 29.2 Å². The molecule has 0 aliphatic heterocycles. The molecule has 1 saturated carbocycles. The summed E-state index contributed by atoms with van der Waals surface area (Å²) in [4.78, 5) is 10.7. The molecule has 2 aromatic carbocycles. The first-order valence-corrected chi connectivity index (χ1v) is 9.53. The first-order valence-electron chi connectivity index (χ1n) is 8.78. The van der Waals surface area contributed by atoms with Crippen molar-refractivity contribution in [2.75, 3.05) is 11.9 Å². The molecule has 0 spiro atoms. The predicted molar refractivity (Wildman–Crippen MR) is 104 cm³/mol. The number of aliphatic carboxylic acids is 1. The van der Waals surface area contributed by atoms with Gasteiger partial charge in [-0.2, -0.15) is 0 Å². The molecule has 7 heteroatoms. The van der Waals surface area contributed by atoms with Crippen molar-refractivity contribution in [1.82, 2.24) is 0 Å². The van der Waals surface area contributed by atoms with E-state index in [2.05, 4.69) is 5.32 Å². The Kier molecular flexibility index (Phi) is 6.45. The van der Waals surface area contributed by atoms with Crippen LogP contribution in [-0.2, 0) is 17.8 Å². The van der Waals surface area contributed by atoms with Crippen molar-refractivity contribution in [3.8, 4) is 5.75 Å². The van der Waals surface area contributed by atoms with Crippen LogP contribution >= 0.6 is 23.2 Å². The fraction of sp³-hybridized carbons (Fsp3) is 0.350. The molecule has 3 rings (SSSR count). The van der Waals surface area contributed by atoms with E-state index in [1.165, 1.54) is 12.8 Å². The number of hydrogen-bond acceptors (Lipinski definition) is 3. The molecule has 0 aromatic heterocycles. The Hall–Kier alpha value is -1.98. The van der Waals surface area contributed by atoms with Crippen LogP contribution in [0, 0.1) is 11.7 Å². The summed E-state index contributed by atoms with van der Waals surface area (Å²) >= 11 is 12.4. The normalized spacial score (nSPS) is 13.4. The van der Waals surface area contributed by atoms with E-state index in [1.54, 1.807) is 30.3 Å². The van der Waals surface area contributed by atoms with Crippen molar-refractivity contribution in [1.29, 1.82) is 0 Å². The molecule has 0 unspecified atom stereocenters. The highest BCUT2D eigenvalue weighted by atomic mass is 35.5. The third-order valence-electron chi connectivity index (χ3n) is 4.41. The van der Waals surface area contributed by atoms with Gasteiger partial charge in [-0.25, -0.2) is 4.39 Å². The molecule has 2 N–H and O–H groups in total. The standard InChI is InChI=1S/C20H20Cl2FNO3/c21-15-8-13(6-7-18(25)26)9-16(22)20(15)27-11-14-2-1-3-17(19(14)23)24-10-12-4-5-12/h1-3,8-9,12,24H,4-7,10-11H2,(H,25,26). The third-order valence-corrected chi connectivity index (χ3v) is 4.98.